The fraction of sp³-hybridized carbons (Fsp3) is 0.368. The van der Waals surface area contributed by atoms with E-state index in [1.807, 2.05) is 6.07 Å². The first-order chi connectivity index (χ1) is 12.0. The molecular formula is C19H21FN2O2S. The van der Waals surface area contributed by atoms with E-state index in [-0.39, 0.29) is 9.79 Å². The molecule has 0 radical (unpaired) electrons. The van der Waals surface area contributed by atoms with Gasteiger partial charge < -0.3 is 10.6 Å². The molecule has 0 aromatic heterocycles. The lowest BCUT2D eigenvalue weighted by molar-refractivity contribution is 0.443. The largest absolute Gasteiger partial charge is 0.381 e. The second-order valence-corrected chi connectivity index (χ2v) is 8.90. The van der Waals surface area contributed by atoms with Crippen molar-refractivity contribution in [2.45, 2.75) is 35.1 Å². The zero-order valence-electron chi connectivity index (χ0n) is 14.0. The SMILES string of the molecule is CC1CNCCC2Nc3ccc(S(=O)(=O)c4ccc(F)cc4)cc3[C@@H]12. The third-order valence-electron chi connectivity index (χ3n) is 5.30. The van der Waals surface area contributed by atoms with Crippen LogP contribution >= 0.6 is 0 Å². The minimum atomic E-state index is -3.65. The summed E-state index contributed by atoms with van der Waals surface area (Å²) in [5.41, 5.74) is 2.10. The number of nitrogens with one attached hydrogen (secondary N) is 2. The topological polar surface area (TPSA) is 58.2 Å². The van der Waals surface area contributed by atoms with Gasteiger partial charge in [-0.15, -0.1) is 0 Å². The smallest absolute Gasteiger partial charge is 0.206 e. The minimum absolute atomic E-state index is 0.118. The van der Waals surface area contributed by atoms with E-state index in [0.717, 1.165) is 30.8 Å². The Hall–Kier alpha value is -1.92. The molecule has 0 amide bonds. The molecule has 2 aromatic rings. The third kappa shape index (κ3) is 2.83. The number of anilines is 1. The van der Waals surface area contributed by atoms with Gasteiger partial charge >= 0.3 is 0 Å². The summed E-state index contributed by atoms with van der Waals surface area (Å²) in [4.78, 5) is 0.386. The van der Waals surface area contributed by atoms with Crippen LogP contribution in [0.15, 0.2) is 52.3 Å². The Morgan fingerprint density at radius 3 is 2.56 bits per heavy atom. The van der Waals surface area contributed by atoms with Crippen LogP contribution < -0.4 is 10.6 Å². The Labute approximate surface area is 147 Å². The van der Waals surface area contributed by atoms with Crippen LogP contribution in [-0.2, 0) is 9.84 Å². The molecule has 3 atom stereocenters. The summed E-state index contributed by atoms with van der Waals surface area (Å²) in [6.07, 6.45) is 1.02. The molecule has 2 unspecified atom stereocenters. The van der Waals surface area contributed by atoms with Gasteiger partial charge in [0.25, 0.3) is 0 Å². The van der Waals surface area contributed by atoms with Crippen molar-refractivity contribution in [3.63, 3.8) is 0 Å². The molecule has 2 aliphatic rings. The second kappa shape index (κ2) is 6.11. The molecule has 1 fully saturated rings. The maximum atomic E-state index is 13.1. The van der Waals surface area contributed by atoms with Crippen molar-refractivity contribution in [3.05, 3.63) is 53.8 Å². The van der Waals surface area contributed by atoms with Gasteiger partial charge in [0.2, 0.25) is 9.84 Å². The summed E-state index contributed by atoms with van der Waals surface area (Å²) in [6, 6.07) is 10.6. The average molecular weight is 360 g/mol. The van der Waals surface area contributed by atoms with E-state index in [9.17, 15) is 12.8 Å². The van der Waals surface area contributed by atoms with Crippen molar-refractivity contribution in [2.75, 3.05) is 18.4 Å². The monoisotopic (exact) mass is 360 g/mol. The van der Waals surface area contributed by atoms with Gasteiger partial charge in [-0.1, -0.05) is 6.92 Å². The van der Waals surface area contributed by atoms with Crippen LogP contribution in [0.1, 0.15) is 24.8 Å². The fourth-order valence-electron chi connectivity index (χ4n) is 4.04. The highest BCUT2D eigenvalue weighted by molar-refractivity contribution is 7.91. The standard InChI is InChI=1S/C19H21FN2O2S/c1-12-11-21-9-8-18-19(12)16-10-15(6-7-17(16)22-18)25(23,24)14-4-2-13(20)3-5-14/h2-7,10,12,18-19,21-22H,8-9,11H2,1H3/t12?,18?,19-/m1/s1. The van der Waals surface area contributed by atoms with Gasteiger partial charge in [0, 0.05) is 17.6 Å². The van der Waals surface area contributed by atoms with Gasteiger partial charge in [0.1, 0.15) is 5.82 Å². The molecule has 0 bridgehead atoms. The summed E-state index contributed by atoms with van der Waals surface area (Å²) >= 11 is 0. The maximum absolute atomic E-state index is 13.1. The molecule has 1 saturated heterocycles. The summed E-state index contributed by atoms with van der Waals surface area (Å²) < 4.78 is 38.9. The van der Waals surface area contributed by atoms with Gasteiger partial charge in [-0.25, -0.2) is 12.8 Å². The van der Waals surface area contributed by atoms with E-state index >= 15 is 0 Å². The molecule has 2 aromatic carbocycles. The first-order valence-corrected chi connectivity index (χ1v) is 10.1. The fourth-order valence-corrected chi connectivity index (χ4v) is 5.34. The predicted molar refractivity (Wildman–Crippen MR) is 95.1 cm³/mol. The van der Waals surface area contributed by atoms with E-state index in [2.05, 4.69) is 17.6 Å². The molecule has 0 saturated carbocycles. The van der Waals surface area contributed by atoms with Gasteiger partial charge in [-0.2, -0.15) is 0 Å². The van der Waals surface area contributed by atoms with Crippen LogP contribution in [0.25, 0.3) is 0 Å². The lowest BCUT2D eigenvalue weighted by Gasteiger charge is -2.22. The average Bonchev–Trinajstić information content (AvgIpc) is 2.86. The number of hydrogen-bond donors (Lipinski definition) is 2. The summed E-state index contributed by atoms with van der Waals surface area (Å²) in [5, 5.41) is 6.99. The first-order valence-electron chi connectivity index (χ1n) is 8.58. The Balaban J connectivity index is 1.76. The second-order valence-electron chi connectivity index (χ2n) is 6.95. The zero-order valence-corrected chi connectivity index (χ0v) is 14.8. The lowest BCUT2D eigenvalue weighted by atomic mass is 9.84. The number of sulfone groups is 1. The quantitative estimate of drug-likeness (QED) is 0.808. The van der Waals surface area contributed by atoms with Crippen molar-refractivity contribution < 1.29 is 12.8 Å². The van der Waals surface area contributed by atoms with Crippen molar-refractivity contribution in [1.29, 1.82) is 0 Å². The van der Waals surface area contributed by atoms with Gasteiger partial charge in [-0.3, -0.25) is 0 Å². The summed E-state index contributed by atoms with van der Waals surface area (Å²) in [6.45, 7) is 4.10. The number of hydrogen-bond acceptors (Lipinski definition) is 4. The predicted octanol–water partition coefficient (Wildman–Crippen LogP) is 3.17. The van der Waals surface area contributed by atoms with Crippen molar-refractivity contribution >= 4 is 15.5 Å². The van der Waals surface area contributed by atoms with Crippen LogP contribution in [-0.4, -0.2) is 27.5 Å². The molecule has 0 spiro atoms. The Morgan fingerprint density at radius 1 is 1.08 bits per heavy atom. The Bertz CT molecular complexity index is 896. The van der Waals surface area contributed by atoms with Crippen molar-refractivity contribution in [1.82, 2.24) is 5.32 Å². The van der Waals surface area contributed by atoms with Crippen molar-refractivity contribution in [2.24, 2.45) is 5.92 Å². The highest BCUT2D eigenvalue weighted by Crippen LogP contribution is 2.43. The highest BCUT2D eigenvalue weighted by Gasteiger charge is 2.37. The van der Waals surface area contributed by atoms with Crippen LogP contribution in [0.5, 0.6) is 0 Å². The van der Waals surface area contributed by atoms with E-state index in [0.29, 0.717) is 17.9 Å². The molecule has 2 aliphatic heterocycles. The molecule has 2 N–H and O–H groups in total. The minimum Gasteiger partial charge on any atom is -0.381 e. The van der Waals surface area contributed by atoms with Crippen LogP contribution in [0.4, 0.5) is 10.1 Å². The normalized spacial score (nSPS) is 25.6. The maximum Gasteiger partial charge on any atom is 0.206 e. The number of fused-ring (bicyclic) bond motifs is 3. The highest BCUT2D eigenvalue weighted by atomic mass is 32.2. The van der Waals surface area contributed by atoms with Gasteiger partial charge in [0.15, 0.2) is 0 Å². The molecule has 4 nitrogen and oxygen atoms in total. The van der Waals surface area contributed by atoms with E-state index in [1.54, 1.807) is 12.1 Å². The van der Waals surface area contributed by atoms with Crippen LogP contribution in [0.2, 0.25) is 0 Å². The summed E-state index contributed by atoms with van der Waals surface area (Å²) in [5.74, 6) is 0.276. The van der Waals surface area contributed by atoms with Crippen LogP contribution in [0, 0.1) is 11.7 Å². The molecule has 6 heteroatoms. The van der Waals surface area contributed by atoms with Crippen LogP contribution in [0.3, 0.4) is 0 Å². The first kappa shape index (κ1) is 16.5. The lowest BCUT2D eigenvalue weighted by Crippen LogP contribution is -2.25. The zero-order chi connectivity index (χ0) is 17.6. The van der Waals surface area contributed by atoms with Gasteiger partial charge in [0.05, 0.1) is 9.79 Å². The third-order valence-corrected chi connectivity index (χ3v) is 7.07. The van der Waals surface area contributed by atoms with E-state index in [1.165, 1.54) is 24.3 Å². The Morgan fingerprint density at radius 2 is 1.80 bits per heavy atom. The molecule has 0 aliphatic carbocycles. The van der Waals surface area contributed by atoms with E-state index < -0.39 is 15.7 Å². The molecular weight excluding hydrogens is 339 g/mol. The number of rotatable bonds is 2. The molecule has 132 valence electrons. The number of benzene rings is 2. The number of halogens is 1. The molecule has 25 heavy (non-hydrogen) atoms. The molecule has 4 rings (SSSR count). The van der Waals surface area contributed by atoms with Crippen molar-refractivity contribution in [3.8, 4) is 0 Å². The Kier molecular flexibility index (Phi) is 4.04. The summed E-state index contributed by atoms with van der Waals surface area (Å²) in [7, 11) is -3.65. The van der Waals surface area contributed by atoms with E-state index in [4.69, 9.17) is 0 Å². The molecule has 2 heterocycles. The van der Waals surface area contributed by atoms with Gasteiger partial charge in [-0.05, 0) is 73.5 Å².